The van der Waals surface area contributed by atoms with E-state index in [2.05, 4.69) is 22.3 Å². The topological polar surface area (TPSA) is 56.1 Å². The largest absolute Gasteiger partial charge is 0.372 e. The molecule has 0 bridgehead atoms. The molecule has 27 heavy (non-hydrogen) atoms. The van der Waals surface area contributed by atoms with Gasteiger partial charge in [-0.2, -0.15) is 5.26 Å². The summed E-state index contributed by atoms with van der Waals surface area (Å²) in [6, 6.07) is 19.8. The quantitative estimate of drug-likeness (QED) is 0.640. The Bertz CT molecular complexity index is 811. The summed E-state index contributed by atoms with van der Waals surface area (Å²) >= 11 is 0. The van der Waals surface area contributed by atoms with Crippen molar-refractivity contribution in [2.24, 2.45) is 0 Å². The molecular formula is C23H25N3O. The van der Waals surface area contributed by atoms with Gasteiger partial charge < -0.3 is 10.2 Å². The summed E-state index contributed by atoms with van der Waals surface area (Å²) < 4.78 is 0. The molecule has 1 heterocycles. The molecule has 4 heteroatoms. The van der Waals surface area contributed by atoms with Crippen LogP contribution in [0.3, 0.4) is 0 Å². The van der Waals surface area contributed by atoms with E-state index in [1.54, 1.807) is 6.08 Å². The SMILES string of the molecule is N#C/C(=C\c1ccc(N2CCCCCC2)cc1)C(=O)NCc1ccccc1. The lowest BCUT2D eigenvalue weighted by molar-refractivity contribution is -0.117. The van der Waals surface area contributed by atoms with Crippen LogP contribution in [0.5, 0.6) is 0 Å². The summed E-state index contributed by atoms with van der Waals surface area (Å²) in [4.78, 5) is 14.7. The average Bonchev–Trinajstić information content (AvgIpc) is 3.01. The Hall–Kier alpha value is -3.06. The van der Waals surface area contributed by atoms with Gasteiger partial charge in [0.15, 0.2) is 0 Å². The highest BCUT2D eigenvalue weighted by Crippen LogP contribution is 2.21. The van der Waals surface area contributed by atoms with Crippen LogP contribution >= 0.6 is 0 Å². The maximum atomic E-state index is 12.3. The van der Waals surface area contributed by atoms with Crippen LogP contribution in [0, 0.1) is 11.3 Å². The Morgan fingerprint density at radius 3 is 2.30 bits per heavy atom. The fraction of sp³-hybridized carbons (Fsp3) is 0.304. The Balaban J connectivity index is 1.64. The van der Waals surface area contributed by atoms with Crippen LogP contribution < -0.4 is 10.2 Å². The molecule has 1 aliphatic heterocycles. The van der Waals surface area contributed by atoms with Crippen molar-refractivity contribution in [3.8, 4) is 6.07 Å². The molecule has 0 aliphatic carbocycles. The molecule has 1 aliphatic rings. The van der Waals surface area contributed by atoms with Crippen molar-refractivity contribution >= 4 is 17.7 Å². The minimum atomic E-state index is -0.349. The molecule has 1 saturated heterocycles. The monoisotopic (exact) mass is 359 g/mol. The molecule has 0 saturated carbocycles. The summed E-state index contributed by atoms with van der Waals surface area (Å²) in [5.74, 6) is -0.349. The van der Waals surface area contributed by atoms with E-state index in [0.717, 1.165) is 24.2 Å². The second kappa shape index (κ2) is 9.59. The number of rotatable bonds is 5. The van der Waals surface area contributed by atoms with Crippen LogP contribution in [0.2, 0.25) is 0 Å². The molecule has 4 nitrogen and oxygen atoms in total. The number of carbonyl (C=O) groups excluding carboxylic acids is 1. The van der Waals surface area contributed by atoms with Gasteiger partial charge >= 0.3 is 0 Å². The van der Waals surface area contributed by atoms with E-state index < -0.39 is 0 Å². The van der Waals surface area contributed by atoms with Gasteiger partial charge in [0.1, 0.15) is 11.6 Å². The zero-order valence-electron chi connectivity index (χ0n) is 15.5. The first-order chi connectivity index (χ1) is 13.3. The van der Waals surface area contributed by atoms with Crippen molar-refractivity contribution in [2.45, 2.75) is 32.2 Å². The molecule has 0 atom stereocenters. The first kappa shape index (κ1) is 18.7. The van der Waals surface area contributed by atoms with Crippen LogP contribution in [0.4, 0.5) is 5.69 Å². The third-order valence-electron chi connectivity index (χ3n) is 4.84. The second-order valence-corrected chi connectivity index (χ2v) is 6.83. The number of hydrogen-bond acceptors (Lipinski definition) is 3. The molecule has 138 valence electrons. The fourth-order valence-electron chi connectivity index (χ4n) is 3.30. The molecule has 3 rings (SSSR count). The number of nitrogens with zero attached hydrogens (tertiary/aromatic N) is 2. The lowest BCUT2D eigenvalue weighted by Crippen LogP contribution is -2.24. The number of benzene rings is 2. The van der Waals surface area contributed by atoms with Crippen molar-refractivity contribution in [3.05, 3.63) is 71.3 Å². The number of nitriles is 1. The molecule has 2 aromatic rings. The number of amides is 1. The van der Waals surface area contributed by atoms with E-state index in [9.17, 15) is 10.1 Å². The van der Waals surface area contributed by atoms with Gasteiger partial charge in [-0.3, -0.25) is 4.79 Å². The lowest BCUT2D eigenvalue weighted by atomic mass is 10.1. The number of carbonyl (C=O) groups is 1. The van der Waals surface area contributed by atoms with Crippen molar-refractivity contribution in [3.63, 3.8) is 0 Å². The molecule has 0 unspecified atom stereocenters. The van der Waals surface area contributed by atoms with Crippen molar-refractivity contribution < 1.29 is 4.79 Å². The van der Waals surface area contributed by atoms with E-state index in [1.807, 2.05) is 48.5 Å². The first-order valence-corrected chi connectivity index (χ1v) is 9.55. The Labute approximate surface area is 161 Å². The fourth-order valence-corrected chi connectivity index (χ4v) is 3.30. The third kappa shape index (κ3) is 5.46. The van der Waals surface area contributed by atoms with Gasteiger partial charge in [0.25, 0.3) is 5.91 Å². The van der Waals surface area contributed by atoms with Gasteiger partial charge in [0.2, 0.25) is 0 Å². The number of hydrogen-bond donors (Lipinski definition) is 1. The molecular weight excluding hydrogens is 334 g/mol. The molecule has 0 spiro atoms. The number of nitrogens with one attached hydrogen (secondary N) is 1. The normalized spacial score (nSPS) is 14.9. The van der Waals surface area contributed by atoms with Crippen LogP contribution in [0.25, 0.3) is 6.08 Å². The summed E-state index contributed by atoms with van der Waals surface area (Å²) in [5, 5.41) is 12.2. The van der Waals surface area contributed by atoms with E-state index in [4.69, 9.17) is 0 Å². The molecule has 0 aromatic heterocycles. The molecule has 1 fully saturated rings. The standard InChI is InChI=1S/C23H25N3O/c24-17-21(23(27)25-18-20-8-4-3-5-9-20)16-19-10-12-22(13-11-19)26-14-6-1-2-7-15-26/h3-5,8-13,16H,1-2,6-7,14-15,18H2,(H,25,27)/b21-16+. The zero-order valence-corrected chi connectivity index (χ0v) is 15.5. The maximum Gasteiger partial charge on any atom is 0.262 e. The van der Waals surface area contributed by atoms with Gasteiger partial charge in [0.05, 0.1) is 0 Å². The minimum Gasteiger partial charge on any atom is -0.372 e. The minimum absolute atomic E-state index is 0.119. The smallest absolute Gasteiger partial charge is 0.262 e. The highest BCUT2D eigenvalue weighted by Gasteiger charge is 2.11. The van der Waals surface area contributed by atoms with E-state index >= 15 is 0 Å². The van der Waals surface area contributed by atoms with Gasteiger partial charge in [-0.15, -0.1) is 0 Å². The summed E-state index contributed by atoms with van der Waals surface area (Å²) in [6.45, 7) is 2.60. The van der Waals surface area contributed by atoms with E-state index in [1.165, 1.54) is 31.4 Å². The highest BCUT2D eigenvalue weighted by molar-refractivity contribution is 6.01. The maximum absolute atomic E-state index is 12.3. The van der Waals surface area contributed by atoms with Crippen LogP contribution in [-0.2, 0) is 11.3 Å². The molecule has 0 radical (unpaired) electrons. The second-order valence-electron chi connectivity index (χ2n) is 6.83. The Morgan fingerprint density at radius 2 is 1.67 bits per heavy atom. The van der Waals surface area contributed by atoms with Crippen molar-refractivity contribution in [1.82, 2.24) is 5.32 Å². The van der Waals surface area contributed by atoms with Gasteiger partial charge in [-0.05, 0) is 42.2 Å². The van der Waals surface area contributed by atoms with Gasteiger partial charge in [-0.25, -0.2) is 0 Å². The predicted molar refractivity (Wildman–Crippen MR) is 109 cm³/mol. The zero-order chi connectivity index (χ0) is 18.9. The molecule has 1 N–H and O–H groups in total. The van der Waals surface area contributed by atoms with Crippen LogP contribution in [0.1, 0.15) is 36.8 Å². The van der Waals surface area contributed by atoms with Gasteiger partial charge in [-0.1, -0.05) is 55.3 Å². The summed E-state index contributed by atoms with van der Waals surface area (Å²) in [6.07, 6.45) is 6.73. The Kier molecular flexibility index (Phi) is 6.65. The predicted octanol–water partition coefficient (Wildman–Crippen LogP) is 4.29. The van der Waals surface area contributed by atoms with Crippen molar-refractivity contribution in [1.29, 1.82) is 5.26 Å². The van der Waals surface area contributed by atoms with E-state index in [0.29, 0.717) is 6.54 Å². The lowest BCUT2D eigenvalue weighted by Gasteiger charge is -2.22. The molecule has 1 amide bonds. The number of anilines is 1. The Morgan fingerprint density at radius 1 is 1.00 bits per heavy atom. The highest BCUT2D eigenvalue weighted by atomic mass is 16.1. The van der Waals surface area contributed by atoms with Crippen LogP contribution in [0.15, 0.2) is 60.2 Å². The third-order valence-corrected chi connectivity index (χ3v) is 4.84. The molecule has 2 aromatic carbocycles. The van der Waals surface area contributed by atoms with E-state index in [-0.39, 0.29) is 11.5 Å². The summed E-state index contributed by atoms with van der Waals surface area (Å²) in [5.41, 5.74) is 3.19. The van der Waals surface area contributed by atoms with Crippen molar-refractivity contribution in [2.75, 3.05) is 18.0 Å². The summed E-state index contributed by atoms with van der Waals surface area (Å²) in [7, 11) is 0. The van der Waals surface area contributed by atoms with Gasteiger partial charge in [0, 0.05) is 25.3 Å². The van der Waals surface area contributed by atoms with Crippen LogP contribution in [-0.4, -0.2) is 19.0 Å². The first-order valence-electron chi connectivity index (χ1n) is 9.55. The average molecular weight is 359 g/mol.